The second kappa shape index (κ2) is 9.25. The number of sulfonamides is 1. The van der Waals surface area contributed by atoms with Gasteiger partial charge in [-0.1, -0.05) is 12.5 Å². The van der Waals surface area contributed by atoms with Crippen molar-refractivity contribution >= 4 is 33.0 Å². The number of amides is 1. The second-order valence-electron chi connectivity index (χ2n) is 7.56. The number of piperidine rings is 1. The number of anilines is 1. The van der Waals surface area contributed by atoms with Crippen LogP contribution in [0.3, 0.4) is 0 Å². The molecule has 1 fully saturated rings. The van der Waals surface area contributed by atoms with Crippen LogP contribution >= 0.6 is 11.3 Å². The van der Waals surface area contributed by atoms with Crippen molar-refractivity contribution in [2.45, 2.75) is 37.5 Å². The number of rotatable bonds is 6. The number of carbonyl (C=O) groups is 1. The van der Waals surface area contributed by atoms with Crippen molar-refractivity contribution in [3.8, 4) is 10.6 Å². The SMILES string of the molecule is Cc1ccc(NC(=O)Cc2csc(-c3cccnc3)n2)cc1S(=O)(=O)N1CCCCC1. The standard InChI is InChI=1S/C22H24N4O3S2/c1-16-7-8-18(12-20(16)31(28,29)26-10-3-2-4-11-26)24-21(27)13-19-15-30-22(25-19)17-6-5-9-23-14-17/h5-9,12,14-15H,2-4,10-11,13H2,1H3,(H,24,27). The van der Waals surface area contributed by atoms with E-state index in [1.807, 2.05) is 17.5 Å². The Morgan fingerprint density at radius 3 is 2.74 bits per heavy atom. The Balaban J connectivity index is 1.47. The summed E-state index contributed by atoms with van der Waals surface area (Å²) in [4.78, 5) is 21.4. The van der Waals surface area contributed by atoms with Crippen molar-refractivity contribution in [3.63, 3.8) is 0 Å². The molecule has 0 aliphatic carbocycles. The first kappa shape index (κ1) is 21.6. The predicted molar refractivity (Wildman–Crippen MR) is 121 cm³/mol. The fourth-order valence-corrected chi connectivity index (χ4v) is 6.16. The Morgan fingerprint density at radius 2 is 2.00 bits per heavy atom. The van der Waals surface area contributed by atoms with Gasteiger partial charge in [-0.15, -0.1) is 11.3 Å². The van der Waals surface area contributed by atoms with Gasteiger partial charge in [-0.25, -0.2) is 13.4 Å². The Bertz CT molecular complexity index is 1170. The van der Waals surface area contributed by atoms with Gasteiger partial charge in [0.2, 0.25) is 15.9 Å². The van der Waals surface area contributed by atoms with Gasteiger partial charge in [0.1, 0.15) is 5.01 Å². The van der Waals surface area contributed by atoms with Gasteiger partial charge in [0.25, 0.3) is 0 Å². The monoisotopic (exact) mass is 456 g/mol. The minimum Gasteiger partial charge on any atom is -0.326 e. The van der Waals surface area contributed by atoms with Crippen molar-refractivity contribution in [3.05, 3.63) is 59.4 Å². The van der Waals surface area contributed by atoms with Crippen molar-refractivity contribution in [1.82, 2.24) is 14.3 Å². The quantitative estimate of drug-likeness (QED) is 0.608. The van der Waals surface area contributed by atoms with Crippen molar-refractivity contribution in [1.29, 1.82) is 0 Å². The second-order valence-corrected chi connectivity index (χ2v) is 10.3. The van der Waals surface area contributed by atoms with E-state index in [2.05, 4.69) is 15.3 Å². The Hall–Kier alpha value is -2.62. The van der Waals surface area contributed by atoms with Gasteiger partial charge in [0, 0.05) is 42.1 Å². The fourth-order valence-electron chi connectivity index (χ4n) is 3.58. The molecule has 31 heavy (non-hydrogen) atoms. The fraction of sp³-hybridized carbons (Fsp3) is 0.318. The van der Waals surface area contributed by atoms with Gasteiger partial charge in [-0.2, -0.15) is 4.31 Å². The topological polar surface area (TPSA) is 92.3 Å². The zero-order valence-electron chi connectivity index (χ0n) is 17.2. The van der Waals surface area contributed by atoms with Gasteiger partial charge >= 0.3 is 0 Å². The molecule has 3 heterocycles. The number of thiazole rings is 1. The van der Waals surface area contributed by atoms with Gasteiger partial charge in [0.15, 0.2) is 0 Å². The summed E-state index contributed by atoms with van der Waals surface area (Å²) in [6.45, 7) is 2.86. The van der Waals surface area contributed by atoms with E-state index in [4.69, 9.17) is 0 Å². The first-order chi connectivity index (χ1) is 14.9. The molecule has 1 aliphatic heterocycles. The lowest BCUT2D eigenvalue weighted by molar-refractivity contribution is -0.115. The first-order valence-corrected chi connectivity index (χ1v) is 12.5. The summed E-state index contributed by atoms with van der Waals surface area (Å²) < 4.78 is 27.7. The molecule has 1 amide bonds. The third-order valence-corrected chi connectivity index (χ3v) is 8.19. The Labute approximate surface area is 186 Å². The molecule has 0 spiro atoms. The summed E-state index contributed by atoms with van der Waals surface area (Å²) >= 11 is 1.46. The molecule has 162 valence electrons. The Morgan fingerprint density at radius 1 is 1.19 bits per heavy atom. The lowest BCUT2D eigenvalue weighted by Gasteiger charge is -2.26. The average molecular weight is 457 g/mol. The van der Waals surface area contributed by atoms with Crippen LogP contribution in [0.15, 0.2) is 53.0 Å². The summed E-state index contributed by atoms with van der Waals surface area (Å²) in [5.41, 5.74) is 2.71. The smallest absolute Gasteiger partial charge is 0.243 e. The van der Waals surface area contributed by atoms with Gasteiger partial charge in [0.05, 0.1) is 17.0 Å². The van der Waals surface area contributed by atoms with Crippen molar-refractivity contribution < 1.29 is 13.2 Å². The third-order valence-electron chi connectivity index (χ3n) is 5.21. The predicted octanol–water partition coefficient (Wildman–Crippen LogP) is 3.87. The van der Waals surface area contributed by atoms with Crippen LogP contribution in [-0.2, 0) is 21.2 Å². The van der Waals surface area contributed by atoms with E-state index in [1.165, 1.54) is 11.3 Å². The van der Waals surface area contributed by atoms with E-state index in [0.29, 0.717) is 30.0 Å². The molecule has 1 aromatic carbocycles. The van der Waals surface area contributed by atoms with Crippen molar-refractivity contribution in [2.75, 3.05) is 18.4 Å². The zero-order valence-corrected chi connectivity index (χ0v) is 18.9. The molecule has 1 N–H and O–H groups in total. The molecule has 3 aromatic rings. The van der Waals surface area contributed by atoms with Crippen LogP contribution in [0.2, 0.25) is 0 Å². The van der Waals surface area contributed by atoms with Crippen LogP contribution in [-0.4, -0.2) is 41.7 Å². The number of hydrogen-bond donors (Lipinski definition) is 1. The summed E-state index contributed by atoms with van der Waals surface area (Å²) in [7, 11) is -3.57. The molecular formula is C22H24N4O3S2. The summed E-state index contributed by atoms with van der Waals surface area (Å²) in [5.74, 6) is -0.242. The third kappa shape index (κ3) is 5.00. The zero-order chi connectivity index (χ0) is 21.8. The molecule has 2 aromatic heterocycles. The van der Waals surface area contributed by atoms with Crippen LogP contribution in [0.5, 0.6) is 0 Å². The molecule has 0 unspecified atom stereocenters. The molecule has 1 saturated heterocycles. The molecule has 0 saturated carbocycles. The average Bonchev–Trinajstić information content (AvgIpc) is 3.24. The summed E-state index contributed by atoms with van der Waals surface area (Å²) in [6.07, 6.45) is 6.36. The van der Waals surface area contributed by atoms with Crippen LogP contribution < -0.4 is 5.32 Å². The first-order valence-electron chi connectivity index (χ1n) is 10.2. The van der Waals surface area contributed by atoms with Crippen LogP contribution in [0.25, 0.3) is 10.6 Å². The molecule has 0 bridgehead atoms. The largest absolute Gasteiger partial charge is 0.326 e. The van der Waals surface area contributed by atoms with E-state index in [9.17, 15) is 13.2 Å². The normalized spacial score (nSPS) is 15.0. The number of aryl methyl sites for hydroxylation is 1. The molecule has 1 aliphatic rings. The molecule has 4 rings (SSSR count). The lowest BCUT2D eigenvalue weighted by Crippen LogP contribution is -2.36. The maximum Gasteiger partial charge on any atom is 0.243 e. The Kier molecular flexibility index (Phi) is 6.45. The maximum atomic E-state index is 13.1. The highest BCUT2D eigenvalue weighted by atomic mass is 32.2. The number of nitrogens with one attached hydrogen (secondary N) is 1. The minimum absolute atomic E-state index is 0.110. The molecular weight excluding hydrogens is 432 g/mol. The van der Waals surface area contributed by atoms with Gasteiger partial charge < -0.3 is 5.32 Å². The highest BCUT2D eigenvalue weighted by molar-refractivity contribution is 7.89. The summed E-state index contributed by atoms with van der Waals surface area (Å²) in [6, 6.07) is 8.78. The summed E-state index contributed by atoms with van der Waals surface area (Å²) in [5, 5.41) is 5.47. The van der Waals surface area contributed by atoms with E-state index < -0.39 is 10.0 Å². The highest BCUT2D eigenvalue weighted by Gasteiger charge is 2.27. The van der Waals surface area contributed by atoms with E-state index in [1.54, 1.807) is 41.8 Å². The van der Waals surface area contributed by atoms with E-state index >= 15 is 0 Å². The molecule has 0 atom stereocenters. The minimum atomic E-state index is -3.57. The lowest BCUT2D eigenvalue weighted by atomic mass is 10.2. The number of aromatic nitrogens is 2. The van der Waals surface area contributed by atoms with Gasteiger partial charge in [-0.3, -0.25) is 9.78 Å². The van der Waals surface area contributed by atoms with Crippen molar-refractivity contribution in [2.24, 2.45) is 0 Å². The number of benzene rings is 1. The van der Waals surface area contributed by atoms with E-state index in [-0.39, 0.29) is 17.2 Å². The molecule has 7 nitrogen and oxygen atoms in total. The number of carbonyl (C=O) groups excluding carboxylic acids is 1. The maximum absolute atomic E-state index is 13.1. The van der Waals surface area contributed by atoms with Crippen LogP contribution in [0.1, 0.15) is 30.5 Å². The number of nitrogens with zero attached hydrogens (tertiary/aromatic N) is 3. The van der Waals surface area contributed by atoms with Crippen LogP contribution in [0.4, 0.5) is 5.69 Å². The van der Waals surface area contributed by atoms with E-state index in [0.717, 1.165) is 29.8 Å². The number of hydrogen-bond acceptors (Lipinski definition) is 6. The molecule has 9 heteroatoms. The number of pyridine rings is 1. The van der Waals surface area contributed by atoms with Gasteiger partial charge in [-0.05, 0) is 49.6 Å². The highest BCUT2D eigenvalue weighted by Crippen LogP contribution is 2.27. The molecule has 0 radical (unpaired) electrons. The van der Waals surface area contributed by atoms with Crippen LogP contribution in [0, 0.1) is 6.92 Å².